The molecule has 0 aromatic carbocycles. The van der Waals surface area contributed by atoms with Crippen LogP contribution in [0.3, 0.4) is 0 Å². The molecule has 0 heterocycles. The summed E-state index contributed by atoms with van der Waals surface area (Å²) in [4.78, 5) is 0. The fourth-order valence-corrected chi connectivity index (χ4v) is 3.44. The van der Waals surface area contributed by atoms with Crippen LogP contribution in [0.25, 0.3) is 0 Å². The lowest BCUT2D eigenvalue weighted by Gasteiger charge is -2.38. The van der Waals surface area contributed by atoms with Crippen molar-refractivity contribution in [2.45, 2.75) is 72.3 Å². The Morgan fingerprint density at radius 2 is 1.89 bits per heavy atom. The van der Waals surface area contributed by atoms with Gasteiger partial charge in [-0.3, -0.25) is 0 Å². The molecule has 3 unspecified atom stereocenters. The van der Waals surface area contributed by atoms with Gasteiger partial charge in [0.25, 0.3) is 0 Å². The summed E-state index contributed by atoms with van der Waals surface area (Å²) in [5.41, 5.74) is 0. The van der Waals surface area contributed by atoms with Gasteiger partial charge in [0.2, 0.25) is 0 Å². The Hall–Kier alpha value is -0.480. The van der Waals surface area contributed by atoms with Gasteiger partial charge in [-0.1, -0.05) is 27.7 Å². The standard InChI is InChI=1S/C18H33N/c1-6-7-8-9-17-12-16(14(2)3)10-11-18(17)13-19-15(4)5/h1,14-19H,7-13H2,2-5H3. The smallest absolute Gasteiger partial charge is 0.00861 e. The van der Waals surface area contributed by atoms with Crippen molar-refractivity contribution in [3.63, 3.8) is 0 Å². The number of hydrogen-bond donors (Lipinski definition) is 1. The van der Waals surface area contributed by atoms with Crippen molar-refractivity contribution in [3.05, 3.63) is 0 Å². The van der Waals surface area contributed by atoms with Gasteiger partial charge in [0.05, 0.1) is 0 Å². The van der Waals surface area contributed by atoms with Crippen LogP contribution in [-0.2, 0) is 0 Å². The second-order valence-electron chi connectivity index (χ2n) is 7.00. The van der Waals surface area contributed by atoms with E-state index in [2.05, 4.69) is 38.9 Å². The highest BCUT2D eigenvalue weighted by molar-refractivity contribution is 4.86. The van der Waals surface area contributed by atoms with Gasteiger partial charge in [-0.2, -0.15) is 0 Å². The molecule has 1 heteroatoms. The third-order valence-corrected chi connectivity index (χ3v) is 4.81. The van der Waals surface area contributed by atoms with E-state index in [0.717, 1.165) is 30.1 Å². The molecule has 0 amide bonds. The zero-order valence-electron chi connectivity index (χ0n) is 13.4. The van der Waals surface area contributed by atoms with E-state index < -0.39 is 0 Å². The van der Waals surface area contributed by atoms with E-state index in [1.165, 1.54) is 38.6 Å². The zero-order chi connectivity index (χ0) is 14.3. The first-order chi connectivity index (χ1) is 9.04. The molecule has 0 spiro atoms. The molecule has 1 aliphatic carbocycles. The zero-order valence-corrected chi connectivity index (χ0v) is 13.4. The monoisotopic (exact) mass is 263 g/mol. The summed E-state index contributed by atoms with van der Waals surface area (Å²) < 4.78 is 0. The van der Waals surface area contributed by atoms with Crippen LogP contribution < -0.4 is 5.32 Å². The van der Waals surface area contributed by atoms with E-state index in [0.29, 0.717) is 6.04 Å². The van der Waals surface area contributed by atoms with E-state index in [1.807, 2.05) is 0 Å². The molecule has 0 radical (unpaired) electrons. The lowest BCUT2D eigenvalue weighted by molar-refractivity contribution is 0.135. The van der Waals surface area contributed by atoms with Crippen LogP contribution in [0, 0.1) is 36.0 Å². The molecular formula is C18H33N. The van der Waals surface area contributed by atoms with Crippen molar-refractivity contribution in [1.82, 2.24) is 5.32 Å². The number of rotatable bonds is 7. The molecule has 1 rings (SSSR count). The van der Waals surface area contributed by atoms with Gasteiger partial charge in [-0.25, -0.2) is 0 Å². The lowest BCUT2D eigenvalue weighted by atomic mass is 9.69. The summed E-state index contributed by atoms with van der Waals surface area (Å²) in [6.07, 6.45) is 13.1. The average Bonchev–Trinajstić information content (AvgIpc) is 2.37. The minimum Gasteiger partial charge on any atom is -0.314 e. The molecular weight excluding hydrogens is 230 g/mol. The lowest BCUT2D eigenvalue weighted by Crippen LogP contribution is -2.36. The summed E-state index contributed by atoms with van der Waals surface area (Å²) in [5, 5.41) is 3.64. The van der Waals surface area contributed by atoms with Gasteiger partial charge in [-0.15, -0.1) is 12.3 Å². The quantitative estimate of drug-likeness (QED) is 0.527. The predicted molar refractivity (Wildman–Crippen MR) is 85.0 cm³/mol. The van der Waals surface area contributed by atoms with Crippen LogP contribution in [-0.4, -0.2) is 12.6 Å². The van der Waals surface area contributed by atoms with Crippen molar-refractivity contribution < 1.29 is 0 Å². The van der Waals surface area contributed by atoms with Crippen LogP contribution >= 0.6 is 0 Å². The number of terminal acetylenes is 1. The summed E-state index contributed by atoms with van der Waals surface area (Å²) in [6.45, 7) is 10.5. The molecule has 3 atom stereocenters. The van der Waals surface area contributed by atoms with Gasteiger partial charge in [-0.05, 0) is 62.3 Å². The number of hydrogen-bond acceptors (Lipinski definition) is 1. The maximum absolute atomic E-state index is 5.39. The minimum absolute atomic E-state index is 0.606. The van der Waals surface area contributed by atoms with Crippen molar-refractivity contribution in [2.24, 2.45) is 23.7 Å². The molecule has 1 fully saturated rings. The van der Waals surface area contributed by atoms with Crippen LogP contribution in [0.15, 0.2) is 0 Å². The third kappa shape index (κ3) is 6.00. The van der Waals surface area contributed by atoms with Gasteiger partial charge >= 0.3 is 0 Å². The van der Waals surface area contributed by atoms with E-state index in [1.54, 1.807) is 0 Å². The molecule has 1 N–H and O–H groups in total. The Morgan fingerprint density at radius 3 is 2.47 bits per heavy atom. The second-order valence-corrected chi connectivity index (χ2v) is 7.00. The highest BCUT2D eigenvalue weighted by Gasteiger charge is 2.31. The first-order valence-corrected chi connectivity index (χ1v) is 8.21. The minimum atomic E-state index is 0.606. The molecule has 1 saturated carbocycles. The fourth-order valence-electron chi connectivity index (χ4n) is 3.44. The Kier molecular flexibility index (Phi) is 7.54. The molecule has 0 bridgehead atoms. The van der Waals surface area contributed by atoms with Crippen LogP contribution in [0.5, 0.6) is 0 Å². The van der Waals surface area contributed by atoms with E-state index in [9.17, 15) is 0 Å². The van der Waals surface area contributed by atoms with E-state index in [-0.39, 0.29) is 0 Å². The molecule has 0 saturated heterocycles. The Bertz CT molecular complexity index is 274. The highest BCUT2D eigenvalue weighted by Crippen LogP contribution is 2.39. The van der Waals surface area contributed by atoms with Crippen molar-refractivity contribution >= 4 is 0 Å². The normalized spacial score (nSPS) is 27.7. The van der Waals surface area contributed by atoms with E-state index in [4.69, 9.17) is 6.42 Å². The topological polar surface area (TPSA) is 12.0 Å². The molecule has 19 heavy (non-hydrogen) atoms. The van der Waals surface area contributed by atoms with Crippen LogP contribution in [0.1, 0.15) is 66.2 Å². The van der Waals surface area contributed by atoms with Crippen molar-refractivity contribution in [3.8, 4) is 12.3 Å². The fraction of sp³-hybridized carbons (Fsp3) is 0.889. The van der Waals surface area contributed by atoms with Gasteiger partial charge < -0.3 is 5.32 Å². The highest BCUT2D eigenvalue weighted by atomic mass is 14.9. The van der Waals surface area contributed by atoms with Gasteiger partial charge in [0.1, 0.15) is 0 Å². The first kappa shape index (κ1) is 16.6. The van der Waals surface area contributed by atoms with Crippen molar-refractivity contribution in [1.29, 1.82) is 0 Å². The maximum atomic E-state index is 5.39. The molecule has 0 aromatic heterocycles. The SMILES string of the molecule is C#CCCCC1CC(C(C)C)CCC1CNC(C)C. The van der Waals surface area contributed by atoms with Crippen molar-refractivity contribution in [2.75, 3.05) is 6.54 Å². The summed E-state index contributed by atoms with van der Waals surface area (Å²) in [6, 6.07) is 0.606. The average molecular weight is 263 g/mol. The van der Waals surface area contributed by atoms with Crippen LogP contribution in [0.2, 0.25) is 0 Å². The largest absolute Gasteiger partial charge is 0.314 e. The van der Waals surface area contributed by atoms with Gasteiger partial charge in [0.15, 0.2) is 0 Å². The maximum Gasteiger partial charge on any atom is 0.00861 e. The molecule has 1 aliphatic rings. The van der Waals surface area contributed by atoms with Crippen LogP contribution in [0.4, 0.5) is 0 Å². The first-order valence-electron chi connectivity index (χ1n) is 8.21. The number of nitrogens with one attached hydrogen (secondary N) is 1. The second kappa shape index (κ2) is 8.64. The Labute approximate surface area is 120 Å². The summed E-state index contributed by atoms with van der Waals surface area (Å²) in [7, 11) is 0. The molecule has 0 aromatic rings. The third-order valence-electron chi connectivity index (χ3n) is 4.81. The number of unbranched alkanes of at least 4 members (excludes halogenated alkanes) is 1. The predicted octanol–water partition coefficient (Wildman–Crippen LogP) is 4.48. The summed E-state index contributed by atoms with van der Waals surface area (Å²) in [5.74, 6) is 6.33. The molecule has 1 nitrogen and oxygen atoms in total. The molecule has 110 valence electrons. The Balaban J connectivity index is 2.49. The molecule has 0 aliphatic heterocycles. The van der Waals surface area contributed by atoms with E-state index >= 15 is 0 Å². The van der Waals surface area contributed by atoms with Gasteiger partial charge in [0, 0.05) is 12.5 Å². The Morgan fingerprint density at radius 1 is 1.16 bits per heavy atom. The summed E-state index contributed by atoms with van der Waals surface area (Å²) >= 11 is 0.